The maximum absolute atomic E-state index is 13.9. The number of rotatable bonds is 8. The Bertz CT molecular complexity index is 1810. The zero-order valence-corrected chi connectivity index (χ0v) is 24.0. The summed E-state index contributed by atoms with van der Waals surface area (Å²) in [6.07, 6.45) is 0. The summed E-state index contributed by atoms with van der Waals surface area (Å²) in [6.45, 7) is -0.282. The first-order valence-corrected chi connectivity index (χ1v) is 14.6. The summed E-state index contributed by atoms with van der Waals surface area (Å²) >= 11 is 2.09. The summed E-state index contributed by atoms with van der Waals surface area (Å²) in [4.78, 5) is 67.0. The van der Waals surface area contributed by atoms with E-state index in [2.05, 4.69) is 10.3 Å². The van der Waals surface area contributed by atoms with Gasteiger partial charge in [0, 0.05) is 28.6 Å². The minimum atomic E-state index is -0.861. The van der Waals surface area contributed by atoms with Gasteiger partial charge in [-0.3, -0.25) is 29.3 Å². The Labute approximate surface area is 251 Å². The molecule has 0 spiro atoms. The number of aromatic nitrogens is 1. The molecule has 3 heterocycles. The molecule has 4 aromatic rings. The third-order valence-corrected chi connectivity index (χ3v) is 9.51. The summed E-state index contributed by atoms with van der Waals surface area (Å²) in [6, 6.07) is 19.1. The highest BCUT2D eigenvalue weighted by Crippen LogP contribution is 2.53. The predicted molar refractivity (Wildman–Crippen MR) is 159 cm³/mol. The van der Waals surface area contributed by atoms with E-state index in [1.807, 2.05) is 6.07 Å². The summed E-state index contributed by atoms with van der Waals surface area (Å²) in [7, 11) is 1.44. The molecule has 2 aliphatic heterocycles. The number of fused-ring (bicyclic) bond motifs is 2. The molecule has 43 heavy (non-hydrogen) atoms. The number of hydrogen-bond donors (Lipinski definition) is 2. The number of anilines is 2. The van der Waals surface area contributed by atoms with Gasteiger partial charge in [0.1, 0.15) is 5.25 Å². The van der Waals surface area contributed by atoms with Gasteiger partial charge >= 0.3 is 4.87 Å². The van der Waals surface area contributed by atoms with Crippen LogP contribution in [0.1, 0.15) is 16.4 Å². The number of H-pyrrole nitrogens is 1. The van der Waals surface area contributed by atoms with Crippen LogP contribution in [0.5, 0.6) is 11.5 Å². The molecule has 12 nitrogen and oxygen atoms in total. The molecule has 3 aromatic carbocycles. The fourth-order valence-corrected chi connectivity index (χ4v) is 7.73. The lowest BCUT2D eigenvalue weighted by Gasteiger charge is -2.30. The number of hydrogen-bond acceptors (Lipinski definition) is 10. The number of methoxy groups -OCH3 is 1. The van der Waals surface area contributed by atoms with E-state index < -0.39 is 33.8 Å². The second-order valence-corrected chi connectivity index (χ2v) is 11.8. The van der Waals surface area contributed by atoms with Gasteiger partial charge in [-0.2, -0.15) is 0 Å². The maximum Gasteiger partial charge on any atom is 0.305 e. The topological polar surface area (TPSA) is 161 Å². The molecule has 0 unspecified atom stereocenters. The van der Waals surface area contributed by atoms with Crippen molar-refractivity contribution in [2.45, 2.75) is 16.2 Å². The normalized spacial score (nSPS) is 19.0. The third-order valence-electron chi connectivity index (χ3n) is 7.11. The van der Waals surface area contributed by atoms with Gasteiger partial charge in [0.25, 0.3) is 11.6 Å². The monoisotopic (exact) mass is 618 g/mol. The fraction of sp³-hybridized carbons (Fsp3) is 0.172. The number of imide groups is 1. The van der Waals surface area contributed by atoms with Crippen LogP contribution in [0.25, 0.3) is 0 Å². The average Bonchev–Trinajstić information content (AvgIpc) is 3.50. The third kappa shape index (κ3) is 5.26. The Morgan fingerprint density at radius 3 is 2.47 bits per heavy atom. The molecule has 0 saturated carbocycles. The number of thiazole rings is 1. The van der Waals surface area contributed by atoms with Crippen molar-refractivity contribution in [2.24, 2.45) is 5.92 Å². The first-order chi connectivity index (χ1) is 20.7. The molecule has 1 fully saturated rings. The molecule has 1 saturated heterocycles. The van der Waals surface area contributed by atoms with Gasteiger partial charge in [-0.25, -0.2) is 4.90 Å². The Hall–Kier alpha value is -4.95. The van der Waals surface area contributed by atoms with Gasteiger partial charge in [0.2, 0.25) is 11.8 Å². The molecule has 0 radical (unpaired) electrons. The summed E-state index contributed by atoms with van der Waals surface area (Å²) in [5.41, 5.74) is 1.29. The van der Waals surface area contributed by atoms with Gasteiger partial charge in [-0.1, -0.05) is 47.4 Å². The second-order valence-electron chi connectivity index (χ2n) is 9.65. The highest BCUT2D eigenvalue weighted by Gasteiger charge is 2.56. The number of nitrogens with zero attached hydrogens (tertiary/aromatic N) is 2. The number of carbonyl (C=O) groups is 3. The van der Waals surface area contributed by atoms with E-state index >= 15 is 0 Å². The number of nitro groups is 1. The fourth-order valence-electron chi connectivity index (χ4n) is 5.21. The van der Waals surface area contributed by atoms with Crippen molar-refractivity contribution in [1.29, 1.82) is 0 Å². The Morgan fingerprint density at radius 1 is 1.02 bits per heavy atom. The molecule has 3 atom stereocenters. The molecule has 1 aromatic heterocycles. The number of aromatic amines is 1. The molecule has 3 amide bonds. The van der Waals surface area contributed by atoms with Crippen molar-refractivity contribution < 1.29 is 28.8 Å². The minimum absolute atomic E-state index is 0.167. The van der Waals surface area contributed by atoms with Gasteiger partial charge in [-0.15, -0.1) is 0 Å². The van der Waals surface area contributed by atoms with E-state index in [1.54, 1.807) is 42.5 Å². The molecular formula is C29H22N4O8S2. The summed E-state index contributed by atoms with van der Waals surface area (Å²) in [5.74, 6) is -2.27. The zero-order chi connectivity index (χ0) is 30.2. The van der Waals surface area contributed by atoms with Gasteiger partial charge in [0.05, 0.1) is 28.7 Å². The molecule has 2 N–H and O–H groups in total. The van der Waals surface area contributed by atoms with Gasteiger partial charge < -0.3 is 19.8 Å². The number of thioether (sulfide) groups is 1. The smallest absolute Gasteiger partial charge is 0.305 e. The SMILES string of the molecule is COc1cc([C@@H]2c3sc(=O)[nH]c3S[C@H]3C(=O)N(c4ccc([N+](=O)[O-])cc4)C(=O)[C@@H]23)ccc1OCC(=O)Nc1ccccc1. The first kappa shape index (κ1) is 28.2. The van der Waals surface area contributed by atoms with Crippen LogP contribution in [0.15, 0.2) is 82.6 Å². The Morgan fingerprint density at radius 2 is 1.77 bits per heavy atom. The van der Waals surface area contributed by atoms with E-state index in [1.165, 1.54) is 31.4 Å². The average molecular weight is 619 g/mol. The van der Waals surface area contributed by atoms with Crippen molar-refractivity contribution in [2.75, 3.05) is 23.9 Å². The lowest BCUT2D eigenvalue weighted by molar-refractivity contribution is -0.384. The second kappa shape index (κ2) is 11.4. The molecule has 2 aliphatic rings. The van der Waals surface area contributed by atoms with Crippen LogP contribution in [0.3, 0.4) is 0 Å². The number of nitrogens with one attached hydrogen (secondary N) is 2. The highest BCUT2D eigenvalue weighted by molar-refractivity contribution is 8.00. The lowest BCUT2D eigenvalue weighted by atomic mass is 9.83. The van der Waals surface area contributed by atoms with E-state index in [4.69, 9.17) is 9.47 Å². The molecule has 14 heteroatoms. The van der Waals surface area contributed by atoms with E-state index in [0.29, 0.717) is 32.7 Å². The Kier molecular flexibility index (Phi) is 7.46. The van der Waals surface area contributed by atoms with Crippen molar-refractivity contribution in [3.8, 4) is 11.5 Å². The number of nitro benzene ring substituents is 1. The number of amides is 3. The van der Waals surface area contributed by atoms with Gasteiger partial charge in [-0.05, 0) is 42.0 Å². The van der Waals surface area contributed by atoms with E-state index in [9.17, 15) is 29.3 Å². The standard InChI is InChI=1S/C29H22N4O8S2/c1-40-20-13-15(7-12-19(20)41-14-21(34)30-16-5-3-2-4-6-16)22-23-25(42-26-24(22)43-29(37)31-26)28(36)32(27(23)35)17-8-10-18(11-9-17)33(38)39/h2-13,22-23,25H,14H2,1H3,(H,30,34)(H,31,37)/t22-,23-,25+/m0/s1. The van der Waals surface area contributed by atoms with Gasteiger partial charge in [0.15, 0.2) is 18.1 Å². The number of para-hydroxylation sites is 1. The quantitative estimate of drug-likeness (QED) is 0.168. The van der Waals surface area contributed by atoms with Crippen LogP contribution in [0.2, 0.25) is 0 Å². The van der Waals surface area contributed by atoms with Crippen LogP contribution in [-0.2, 0) is 14.4 Å². The largest absolute Gasteiger partial charge is 0.493 e. The van der Waals surface area contributed by atoms with E-state index in [-0.39, 0.29) is 28.8 Å². The molecule has 0 bridgehead atoms. The van der Waals surface area contributed by atoms with E-state index in [0.717, 1.165) is 28.0 Å². The minimum Gasteiger partial charge on any atom is -0.493 e. The molecule has 6 rings (SSSR count). The number of ether oxygens (including phenoxy) is 2. The first-order valence-electron chi connectivity index (χ1n) is 12.9. The number of non-ortho nitro benzene ring substituents is 1. The van der Waals surface area contributed by atoms with Crippen LogP contribution in [-0.4, -0.2) is 46.6 Å². The molecular weight excluding hydrogens is 596 g/mol. The lowest BCUT2D eigenvalue weighted by Crippen LogP contribution is -2.32. The van der Waals surface area contributed by atoms with Crippen molar-refractivity contribution in [1.82, 2.24) is 4.98 Å². The van der Waals surface area contributed by atoms with Crippen LogP contribution < -0.4 is 24.6 Å². The number of benzene rings is 3. The molecule has 0 aliphatic carbocycles. The summed E-state index contributed by atoms with van der Waals surface area (Å²) < 4.78 is 11.3. The number of carbonyl (C=O) groups excluding carboxylic acids is 3. The van der Waals surface area contributed by atoms with Crippen LogP contribution in [0, 0.1) is 16.0 Å². The predicted octanol–water partition coefficient (Wildman–Crippen LogP) is 4.17. The van der Waals surface area contributed by atoms with Crippen molar-refractivity contribution in [3.05, 3.63) is 103 Å². The van der Waals surface area contributed by atoms with Crippen LogP contribution in [0.4, 0.5) is 17.1 Å². The van der Waals surface area contributed by atoms with Crippen molar-refractivity contribution in [3.63, 3.8) is 0 Å². The zero-order valence-electron chi connectivity index (χ0n) is 22.3. The van der Waals surface area contributed by atoms with Crippen LogP contribution >= 0.6 is 23.1 Å². The van der Waals surface area contributed by atoms with Crippen molar-refractivity contribution >= 4 is 57.9 Å². The summed E-state index contributed by atoms with van der Waals surface area (Å²) in [5, 5.41) is 13.5. The maximum atomic E-state index is 13.9. The Balaban J connectivity index is 1.30. The highest BCUT2D eigenvalue weighted by atomic mass is 32.2. The molecule has 218 valence electrons.